The topological polar surface area (TPSA) is 76.5 Å². The first-order chi connectivity index (χ1) is 13.0. The maximum Gasteiger partial charge on any atom is 0.256 e. The zero-order valence-corrected chi connectivity index (χ0v) is 16.1. The number of amides is 1. The summed E-state index contributed by atoms with van der Waals surface area (Å²) in [5, 5.41) is 2.83. The van der Waals surface area contributed by atoms with Gasteiger partial charge < -0.3 is 15.0 Å². The summed E-state index contributed by atoms with van der Waals surface area (Å²) in [6, 6.07) is 7.78. The van der Waals surface area contributed by atoms with Gasteiger partial charge in [0.05, 0.1) is 12.4 Å². The van der Waals surface area contributed by atoms with E-state index in [2.05, 4.69) is 15.2 Å². The molecule has 0 radical (unpaired) electrons. The molecule has 0 unspecified atom stereocenters. The fourth-order valence-corrected chi connectivity index (χ4v) is 3.25. The number of rotatable bonds is 5. The van der Waals surface area contributed by atoms with Gasteiger partial charge in [0, 0.05) is 42.8 Å². The highest BCUT2D eigenvalue weighted by Gasteiger charge is 2.18. The van der Waals surface area contributed by atoms with Crippen LogP contribution in [-0.4, -0.2) is 41.8 Å². The van der Waals surface area contributed by atoms with E-state index in [1.165, 1.54) is 10.9 Å². The number of hydrogen-bond donors (Lipinski definition) is 1. The number of piperidine rings is 1. The van der Waals surface area contributed by atoms with E-state index in [4.69, 9.17) is 4.74 Å². The van der Waals surface area contributed by atoms with Crippen molar-refractivity contribution in [1.82, 2.24) is 9.55 Å². The normalized spacial score (nSPS) is 15.0. The minimum Gasteiger partial charge on any atom is -0.381 e. The van der Waals surface area contributed by atoms with E-state index in [0.717, 1.165) is 31.6 Å². The van der Waals surface area contributed by atoms with Gasteiger partial charge in [0.1, 0.15) is 6.54 Å². The van der Waals surface area contributed by atoms with Gasteiger partial charge in [-0.1, -0.05) is 0 Å². The summed E-state index contributed by atoms with van der Waals surface area (Å²) in [6.45, 7) is 5.37. The van der Waals surface area contributed by atoms with Crippen LogP contribution >= 0.6 is 0 Å². The number of aryl methyl sites for hydroxylation is 1. The van der Waals surface area contributed by atoms with Crippen LogP contribution in [0.1, 0.15) is 24.1 Å². The van der Waals surface area contributed by atoms with Gasteiger partial charge in [0.2, 0.25) is 5.91 Å². The molecule has 0 bridgehead atoms. The van der Waals surface area contributed by atoms with Crippen LogP contribution in [0.15, 0.2) is 35.4 Å². The molecule has 1 aromatic carbocycles. The predicted octanol–water partition coefficient (Wildman–Crippen LogP) is 2.11. The van der Waals surface area contributed by atoms with Crippen molar-refractivity contribution in [2.45, 2.75) is 39.3 Å². The van der Waals surface area contributed by atoms with Gasteiger partial charge in [0.25, 0.3) is 5.56 Å². The number of ether oxygens (including phenoxy) is 1. The smallest absolute Gasteiger partial charge is 0.256 e. The Balaban J connectivity index is 1.59. The maximum atomic E-state index is 12.3. The minimum atomic E-state index is -0.254. The molecule has 0 aliphatic carbocycles. The van der Waals surface area contributed by atoms with Gasteiger partial charge in [-0.15, -0.1) is 0 Å². The number of methoxy groups -OCH3 is 1. The number of nitrogens with zero attached hydrogens (tertiary/aromatic N) is 3. The predicted molar refractivity (Wildman–Crippen MR) is 105 cm³/mol. The molecule has 3 rings (SSSR count). The number of carbonyl (C=O) groups is 1. The van der Waals surface area contributed by atoms with Crippen molar-refractivity contribution in [2.24, 2.45) is 0 Å². The second-order valence-electron chi connectivity index (χ2n) is 6.91. The van der Waals surface area contributed by atoms with Crippen LogP contribution in [0.2, 0.25) is 0 Å². The second-order valence-corrected chi connectivity index (χ2v) is 6.91. The molecule has 2 heterocycles. The third-order valence-corrected chi connectivity index (χ3v) is 5.12. The first-order valence-corrected chi connectivity index (χ1v) is 9.18. The monoisotopic (exact) mass is 370 g/mol. The van der Waals surface area contributed by atoms with Crippen LogP contribution in [0.3, 0.4) is 0 Å². The Kier molecular flexibility index (Phi) is 5.91. The van der Waals surface area contributed by atoms with Gasteiger partial charge in [0.15, 0.2) is 0 Å². The van der Waals surface area contributed by atoms with Crippen molar-refractivity contribution in [3.8, 4) is 0 Å². The molecule has 7 heteroatoms. The van der Waals surface area contributed by atoms with Crippen molar-refractivity contribution in [3.05, 3.63) is 52.2 Å². The molecule has 1 saturated heterocycles. The van der Waals surface area contributed by atoms with Crippen LogP contribution < -0.4 is 15.8 Å². The Morgan fingerprint density at radius 3 is 2.52 bits per heavy atom. The summed E-state index contributed by atoms with van der Waals surface area (Å²) in [4.78, 5) is 30.9. The Bertz CT molecular complexity index is 853. The Hall–Kier alpha value is -2.67. The standard InChI is InChI=1S/C20H26N4O3/c1-14-15(2)21-13-24(20(14)26)12-19(25)22-16-4-6-17(7-5-16)23-10-8-18(27-3)9-11-23/h4-7,13,18H,8-12H2,1-3H3,(H,22,25). The summed E-state index contributed by atoms with van der Waals surface area (Å²) in [5.41, 5.74) is 2.90. The number of carbonyl (C=O) groups excluding carboxylic acids is 1. The van der Waals surface area contributed by atoms with Crippen molar-refractivity contribution < 1.29 is 9.53 Å². The average Bonchev–Trinajstić information content (AvgIpc) is 2.69. The van der Waals surface area contributed by atoms with Crippen molar-refractivity contribution in [1.29, 1.82) is 0 Å². The summed E-state index contributed by atoms with van der Waals surface area (Å²) >= 11 is 0. The van der Waals surface area contributed by atoms with Crippen molar-refractivity contribution in [3.63, 3.8) is 0 Å². The zero-order chi connectivity index (χ0) is 19.4. The van der Waals surface area contributed by atoms with E-state index in [0.29, 0.717) is 23.0 Å². The summed E-state index contributed by atoms with van der Waals surface area (Å²) in [5.74, 6) is -0.254. The Labute approximate surface area is 159 Å². The van der Waals surface area contributed by atoms with Crippen molar-refractivity contribution >= 4 is 17.3 Å². The van der Waals surface area contributed by atoms with E-state index < -0.39 is 0 Å². The third-order valence-electron chi connectivity index (χ3n) is 5.12. The first kappa shape index (κ1) is 19.1. The quantitative estimate of drug-likeness (QED) is 0.872. The van der Waals surface area contributed by atoms with Crippen LogP contribution in [-0.2, 0) is 16.1 Å². The highest BCUT2D eigenvalue weighted by atomic mass is 16.5. The van der Waals surface area contributed by atoms with E-state index in [1.54, 1.807) is 21.0 Å². The molecule has 7 nitrogen and oxygen atoms in total. The molecular formula is C20H26N4O3. The Morgan fingerprint density at radius 1 is 1.22 bits per heavy atom. The van der Waals surface area contributed by atoms with Gasteiger partial charge in [-0.25, -0.2) is 4.98 Å². The molecular weight excluding hydrogens is 344 g/mol. The number of aromatic nitrogens is 2. The lowest BCUT2D eigenvalue weighted by Crippen LogP contribution is -2.36. The molecule has 27 heavy (non-hydrogen) atoms. The Morgan fingerprint density at radius 2 is 1.89 bits per heavy atom. The molecule has 0 spiro atoms. The van der Waals surface area contributed by atoms with Crippen LogP contribution in [0, 0.1) is 13.8 Å². The van der Waals surface area contributed by atoms with E-state index in [1.807, 2.05) is 24.3 Å². The number of nitrogens with one attached hydrogen (secondary N) is 1. The largest absolute Gasteiger partial charge is 0.381 e. The molecule has 144 valence electrons. The fraction of sp³-hybridized carbons (Fsp3) is 0.450. The average molecular weight is 370 g/mol. The molecule has 1 N–H and O–H groups in total. The molecule has 0 atom stereocenters. The van der Waals surface area contributed by atoms with E-state index in [9.17, 15) is 9.59 Å². The number of anilines is 2. The lowest BCUT2D eigenvalue weighted by atomic mass is 10.1. The fourth-order valence-electron chi connectivity index (χ4n) is 3.25. The first-order valence-electron chi connectivity index (χ1n) is 9.18. The highest BCUT2D eigenvalue weighted by Crippen LogP contribution is 2.22. The van der Waals surface area contributed by atoms with E-state index >= 15 is 0 Å². The highest BCUT2D eigenvalue weighted by molar-refractivity contribution is 5.90. The van der Waals surface area contributed by atoms with Crippen molar-refractivity contribution in [2.75, 3.05) is 30.4 Å². The number of benzene rings is 1. The SMILES string of the molecule is COC1CCN(c2ccc(NC(=O)Cn3cnc(C)c(C)c3=O)cc2)CC1. The van der Waals surface area contributed by atoms with Crippen LogP contribution in [0.25, 0.3) is 0 Å². The molecule has 1 aromatic heterocycles. The van der Waals surface area contributed by atoms with Gasteiger partial charge in [-0.2, -0.15) is 0 Å². The molecule has 1 aliphatic rings. The van der Waals surface area contributed by atoms with Crippen LogP contribution in [0.5, 0.6) is 0 Å². The molecule has 1 fully saturated rings. The summed E-state index contributed by atoms with van der Waals surface area (Å²) in [7, 11) is 1.76. The molecule has 1 amide bonds. The summed E-state index contributed by atoms with van der Waals surface area (Å²) in [6.07, 6.45) is 3.81. The minimum absolute atomic E-state index is 0.0563. The molecule has 1 aliphatic heterocycles. The van der Waals surface area contributed by atoms with Gasteiger partial charge in [-0.3, -0.25) is 14.2 Å². The number of hydrogen-bond acceptors (Lipinski definition) is 5. The lowest BCUT2D eigenvalue weighted by molar-refractivity contribution is -0.116. The summed E-state index contributed by atoms with van der Waals surface area (Å²) < 4.78 is 6.73. The van der Waals surface area contributed by atoms with Gasteiger partial charge in [-0.05, 0) is 51.0 Å². The van der Waals surface area contributed by atoms with Crippen LogP contribution in [0.4, 0.5) is 11.4 Å². The molecule has 0 saturated carbocycles. The second kappa shape index (κ2) is 8.35. The third kappa shape index (κ3) is 4.54. The van der Waals surface area contributed by atoms with E-state index in [-0.39, 0.29) is 18.0 Å². The van der Waals surface area contributed by atoms with Gasteiger partial charge >= 0.3 is 0 Å². The lowest BCUT2D eigenvalue weighted by Gasteiger charge is -2.33. The maximum absolute atomic E-state index is 12.3. The molecule has 2 aromatic rings. The zero-order valence-electron chi connectivity index (χ0n) is 16.1.